The summed E-state index contributed by atoms with van der Waals surface area (Å²) in [6, 6.07) is 0. The van der Waals surface area contributed by atoms with E-state index in [-0.39, 0.29) is 11.5 Å². The van der Waals surface area contributed by atoms with E-state index in [0.717, 1.165) is 4.72 Å². The van der Waals surface area contributed by atoms with Crippen molar-refractivity contribution in [1.82, 2.24) is 9.79 Å². The molecule has 0 bridgehead atoms. The normalized spacial score (nSPS) is 13.6. The average molecular weight is 347 g/mol. The van der Waals surface area contributed by atoms with Crippen LogP contribution in [0, 0.1) is 0 Å². The van der Waals surface area contributed by atoms with Gasteiger partial charge in [-0.3, -0.25) is 19.1 Å². The van der Waals surface area contributed by atoms with Crippen LogP contribution in [0.2, 0.25) is 0 Å². The number of halogens is 3. The van der Waals surface area contributed by atoms with Crippen LogP contribution in [0.25, 0.3) is 0 Å². The maximum Gasteiger partial charge on any atom is 0.516 e. The van der Waals surface area contributed by atoms with Gasteiger partial charge in [-0.1, -0.05) is 0 Å². The van der Waals surface area contributed by atoms with Gasteiger partial charge in [-0.15, -0.1) is 0 Å². The summed E-state index contributed by atoms with van der Waals surface area (Å²) < 4.78 is 60.5. The van der Waals surface area contributed by atoms with Gasteiger partial charge in [0.1, 0.15) is 5.82 Å². The smallest absolute Gasteiger partial charge is 0.369 e. The molecule has 0 aromatic carbocycles. The molecule has 0 heterocycles. The summed E-state index contributed by atoms with van der Waals surface area (Å²) >= 11 is 0. The number of hydrogen-bond acceptors (Lipinski definition) is 5. The Morgan fingerprint density at radius 2 is 1.82 bits per heavy atom. The highest BCUT2D eigenvalue weighted by Crippen LogP contribution is 2.23. The number of nitrogens with zero attached hydrogens (tertiary/aromatic N) is 1. The molecular formula is C10H16F3N3O5S. The molecule has 2 amide bonds. The number of sulfonamides is 1. The van der Waals surface area contributed by atoms with Gasteiger partial charge >= 0.3 is 15.5 Å². The molecule has 3 N–H and O–H groups in total. The number of hydrogen-bond donors (Lipinski definition) is 2. The maximum atomic E-state index is 12.4. The van der Waals surface area contributed by atoms with Gasteiger partial charge in [-0.25, -0.2) is 0 Å². The number of primary amides is 1. The Bertz CT molecular complexity index is 551. The lowest BCUT2D eigenvalue weighted by Crippen LogP contribution is -2.43. The van der Waals surface area contributed by atoms with Gasteiger partial charge < -0.3 is 5.73 Å². The lowest BCUT2D eigenvalue weighted by atomic mass is 10.2. The zero-order valence-electron chi connectivity index (χ0n) is 12.0. The molecule has 0 aliphatic carbocycles. The molecule has 22 heavy (non-hydrogen) atoms. The van der Waals surface area contributed by atoms with Gasteiger partial charge in [0.15, 0.2) is 0 Å². The Labute approximate surface area is 125 Å². The zero-order chi connectivity index (χ0) is 17.8. The minimum Gasteiger partial charge on any atom is -0.369 e. The van der Waals surface area contributed by atoms with Crippen molar-refractivity contribution in [2.24, 2.45) is 5.73 Å². The van der Waals surface area contributed by atoms with Crippen LogP contribution in [0.15, 0.2) is 11.9 Å². The van der Waals surface area contributed by atoms with Gasteiger partial charge in [0.2, 0.25) is 12.3 Å². The lowest BCUT2D eigenvalue weighted by Gasteiger charge is -2.28. The number of rotatable bonds is 7. The third-order valence-electron chi connectivity index (χ3n) is 1.75. The summed E-state index contributed by atoms with van der Waals surface area (Å²) in [5, 5.41) is 0.228. The second kappa shape index (κ2) is 6.96. The van der Waals surface area contributed by atoms with E-state index in [0.29, 0.717) is 6.08 Å². The molecule has 0 unspecified atom stereocenters. The monoisotopic (exact) mass is 347 g/mol. The fraction of sp³-hybridized carbons (Fsp3) is 0.600. The fourth-order valence-corrected chi connectivity index (χ4v) is 1.56. The number of alkyl halides is 3. The van der Waals surface area contributed by atoms with Gasteiger partial charge in [-0.2, -0.15) is 26.7 Å². The molecule has 0 fully saturated rings. The molecular weight excluding hydrogens is 331 g/mol. The van der Waals surface area contributed by atoms with Crippen molar-refractivity contribution >= 4 is 22.3 Å². The van der Waals surface area contributed by atoms with Crippen LogP contribution >= 0.6 is 0 Å². The predicted octanol–water partition coefficient (Wildman–Crippen LogP) is 0.331. The number of carbonyl (C=O) groups is 2. The molecule has 0 aliphatic heterocycles. The molecule has 0 rings (SSSR count). The van der Waals surface area contributed by atoms with E-state index in [9.17, 15) is 31.2 Å². The Morgan fingerprint density at radius 1 is 1.32 bits per heavy atom. The number of amides is 2. The molecule has 0 atom stereocenters. The number of hydroxylamine groups is 2. The van der Waals surface area contributed by atoms with E-state index in [2.05, 4.69) is 0 Å². The Balaban J connectivity index is 5.60. The molecule has 0 radical (unpaired) electrons. The van der Waals surface area contributed by atoms with E-state index in [1.165, 1.54) is 20.8 Å². The van der Waals surface area contributed by atoms with Crippen molar-refractivity contribution in [2.45, 2.75) is 38.3 Å². The van der Waals surface area contributed by atoms with Crippen LogP contribution in [0.1, 0.15) is 27.2 Å². The number of nitrogens with two attached hydrogens (primary N) is 1. The summed E-state index contributed by atoms with van der Waals surface area (Å²) in [6.45, 7) is 4.40. The average Bonchev–Trinajstić information content (AvgIpc) is 2.28. The third kappa shape index (κ3) is 6.76. The SMILES string of the molecule is CC(C)(C)ON(C=O)C(=CCC(N)=O)NS(=O)(=O)C(F)(F)F. The summed E-state index contributed by atoms with van der Waals surface area (Å²) in [5.74, 6) is -1.86. The quantitative estimate of drug-likeness (QED) is 0.508. The van der Waals surface area contributed by atoms with E-state index in [1.54, 1.807) is 0 Å². The summed E-state index contributed by atoms with van der Waals surface area (Å²) in [4.78, 5) is 26.6. The standard InChI is InChI=1S/C10H16F3N3O5S/c1-9(2,3)21-16(6-17)8(5-4-7(14)18)15-22(19,20)10(11,12)13/h5-6,15H,4H2,1-3H3,(H2,14,18). The van der Waals surface area contributed by atoms with Crippen LogP contribution in [0.3, 0.4) is 0 Å². The van der Waals surface area contributed by atoms with Crippen molar-refractivity contribution in [3.05, 3.63) is 11.9 Å². The molecule has 8 nitrogen and oxygen atoms in total. The van der Waals surface area contributed by atoms with Gasteiger partial charge in [0.05, 0.1) is 5.60 Å². The Morgan fingerprint density at radius 3 is 2.14 bits per heavy atom. The van der Waals surface area contributed by atoms with E-state index in [4.69, 9.17) is 10.6 Å². The van der Waals surface area contributed by atoms with Crippen LogP contribution in [0.5, 0.6) is 0 Å². The first kappa shape index (κ1) is 20.2. The number of carbonyl (C=O) groups excluding carboxylic acids is 2. The zero-order valence-corrected chi connectivity index (χ0v) is 12.8. The minimum absolute atomic E-state index is 0.0586. The molecule has 0 saturated heterocycles. The van der Waals surface area contributed by atoms with Crippen molar-refractivity contribution in [3.8, 4) is 0 Å². The van der Waals surface area contributed by atoms with Crippen LogP contribution in [-0.2, 0) is 24.4 Å². The third-order valence-corrected chi connectivity index (χ3v) is 2.83. The van der Waals surface area contributed by atoms with Crippen molar-refractivity contribution in [3.63, 3.8) is 0 Å². The topological polar surface area (TPSA) is 119 Å². The van der Waals surface area contributed by atoms with Crippen LogP contribution in [0.4, 0.5) is 13.2 Å². The van der Waals surface area contributed by atoms with E-state index < -0.39 is 39.3 Å². The van der Waals surface area contributed by atoms with E-state index in [1.807, 2.05) is 0 Å². The first-order valence-electron chi connectivity index (χ1n) is 5.71. The van der Waals surface area contributed by atoms with Gasteiger partial charge in [0, 0.05) is 6.42 Å². The molecule has 128 valence electrons. The Kier molecular flexibility index (Phi) is 6.38. The maximum absolute atomic E-state index is 12.4. The molecule has 0 saturated carbocycles. The highest BCUT2D eigenvalue weighted by atomic mass is 32.2. The highest BCUT2D eigenvalue weighted by Gasteiger charge is 2.47. The van der Waals surface area contributed by atoms with E-state index >= 15 is 0 Å². The number of nitrogens with one attached hydrogen (secondary N) is 1. The van der Waals surface area contributed by atoms with Crippen molar-refractivity contribution < 1.29 is 36.0 Å². The minimum atomic E-state index is -5.81. The van der Waals surface area contributed by atoms with Gasteiger partial charge in [-0.05, 0) is 26.8 Å². The predicted molar refractivity (Wildman–Crippen MR) is 68.7 cm³/mol. The summed E-state index contributed by atoms with van der Waals surface area (Å²) in [7, 11) is -5.81. The highest BCUT2D eigenvalue weighted by molar-refractivity contribution is 7.90. The van der Waals surface area contributed by atoms with Gasteiger partial charge in [0.25, 0.3) is 0 Å². The first-order valence-corrected chi connectivity index (χ1v) is 7.19. The second-order valence-electron chi connectivity index (χ2n) is 4.95. The first-order chi connectivity index (χ1) is 9.69. The molecule has 12 heteroatoms. The lowest BCUT2D eigenvalue weighted by molar-refractivity contribution is -0.202. The largest absolute Gasteiger partial charge is 0.516 e. The molecule has 0 spiro atoms. The summed E-state index contributed by atoms with van der Waals surface area (Å²) in [6.07, 6.45) is 0.0102. The van der Waals surface area contributed by atoms with Crippen LogP contribution in [-0.4, -0.2) is 36.9 Å². The molecule has 0 aromatic heterocycles. The van der Waals surface area contributed by atoms with Crippen molar-refractivity contribution in [1.29, 1.82) is 0 Å². The fourth-order valence-electron chi connectivity index (χ4n) is 0.992. The molecule has 0 aromatic rings. The second-order valence-corrected chi connectivity index (χ2v) is 6.62. The molecule has 0 aliphatic rings. The van der Waals surface area contributed by atoms with Crippen molar-refractivity contribution in [2.75, 3.05) is 0 Å². The Hall–Kier alpha value is -1.82. The summed E-state index contributed by atoms with van der Waals surface area (Å²) in [5.41, 5.74) is -1.82. The van der Waals surface area contributed by atoms with Crippen LogP contribution < -0.4 is 10.5 Å².